The first kappa shape index (κ1) is 22.5. The zero-order chi connectivity index (χ0) is 22.6. The molecule has 0 amide bonds. The van der Waals surface area contributed by atoms with Gasteiger partial charge >= 0.3 is 0 Å². The lowest BCUT2D eigenvalue weighted by molar-refractivity contribution is -0.246. The molecule has 1 nitrogen and oxygen atoms in total. The maximum Gasteiger partial charge on any atom is 0.0594 e. The van der Waals surface area contributed by atoms with Gasteiger partial charge in [-0.05, 0) is 128 Å². The zero-order valence-corrected chi connectivity index (χ0v) is 21.7. The van der Waals surface area contributed by atoms with E-state index in [0.717, 1.165) is 30.1 Å². The number of hydrogen-bond donors (Lipinski definition) is 1. The van der Waals surface area contributed by atoms with E-state index in [2.05, 4.69) is 55.0 Å². The van der Waals surface area contributed by atoms with Crippen LogP contribution in [0.2, 0.25) is 0 Å². The van der Waals surface area contributed by atoms with Crippen molar-refractivity contribution in [3.05, 3.63) is 12.2 Å². The van der Waals surface area contributed by atoms with Crippen molar-refractivity contribution in [2.24, 2.45) is 56.7 Å². The molecule has 176 valence electrons. The largest absolute Gasteiger partial charge is 0.393 e. The van der Waals surface area contributed by atoms with E-state index in [1.807, 2.05) is 0 Å². The predicted molar refractivity (Wildman–Crippen MR) is 131 cm³/mol. The van der Waals surface area contributed by atoms with Crippen LogP contribution >= 0.6 is 0 Å². The Labute approximate surface area is 192 Å². The first-order valence-electron chi connectivity index (χ1n) is 13.6. The Hall–Kier alpha value is -0.300. The Morgan fingerprint density at radius 1 is 0.742 bits per heavy atom. The molecule has 0 aromatic rings. The molecule has 0 heterocycles. The monoisotopic (exact) mass is 426 g/mol. The highest BCUT2D eigenvalue weighted by atomic mass is 16.3. The Bertz CT molecular complexity index is 766. The molecule has 0 bridgehead atoms. The van der Waals surface area contributed by atoms with Gasteiger partial charge in [0, 0.05) is 0 Å². The summed E-state index contributed by atoms with van der Waals surface area (Å²) in [6.07, 6.45) is 13.4. The van der Waals surface area contributed by atoms with Crippen LogP contribution < -0.4 is 0 Å². The van der Waals surface area contributed by atoms with Gasteiger partial charge in [-0.15, -0.1) is 0 Å². The molecule has 0 saturated heterocycles. The lowest BCUT2D eigenvalue weighted by atomic mass is 9.32. The smallest absolute Gasteiger partial charge is 0.0594 e. The molecule has 0 aromatic heterocycles. The third-order valence-electron chi connectivity index (χ3n) is 13.5. The van der Waals surface area contributed by atoms with Gasteiger partial charge in [-0.1, -0.05) is 53.7 Å². The molecule has 5 fully saturated rings. The van der Waals surface area contributed by atoms with Crippen molar-refractivity contribution in [1.29, 1.82) is 0 Å². The summed E-state index contributed by atoms with van der Waals surface area (Å²) in [4.78, 5) is 0. The Kier molecular flexibility index (Phi) is 4.82. The van der Waals surface area contributed by atoms with E-state index in [1.165, 1.54) is 63.4 Å². The van der Waals surface area contributed by atoms with Crippen molar-refractivity contribution in [2.75, 3.05) is 0 Å². The van der Waals surface area contributed by atoms with Gasteiger partial charge in [0.15, 0.2) is 0 Å². The van der Waals surface area contributed by atoms with E-state index < -0.39 is 0 Å². The van der Waals surface area contributed by atoms with Crippen LogP contribution in [0.3, 0.4) is 0 Å². The van der Waals surface area contributed by atoms with Crippen molar-refractivity contribution >= 4 is 0 Å². The fourth-order valence-electron chi connectivity index (χ4n) is 11.5. The van der Waals surface area contributed by atoms with Gasteiger partial charge in [0.2, 0.25) is 0 Å². The first-order chi connectivity index (χ1) is 14.3. The van der Waals surface area contributed by atoms with Crippen molar-refractivity contribution in [3.63, 3.8) is 0 Å². The summed E-state index contributed by atoms with van der Waals surface area (Å²) >= 11 is 0. The molecule has 5 aliphatic carbocycles. The molecule has 0 aliphatic heterocycles. The summed E-state index contributed by atoms with van der Waals surface area (Å²) in [7, 11) is 0. The van der Waals surface area contributed by atoms with E-state index >= 15 is 0 Å². The standard InChI is InChI=1S/C30H50O/c1-19(2)20-11-14-27(5)17-18-29(7)21(25(20)27)9-10-23-28(6)15-13-24(31)26(3,4)22(28)12-16-30(23,29)8/h20-25,31H,1,9-18H2,2-8H3/t20?,21?,22?,23?,24-,25?,27?,28-,29+,30+/m0/s1. The zero-order valence-electron chi connectivity index (χ0n) is 21.7. The summed E-state index contributed by atoms with van der Waals surface area (Å²) in [6.45, 7) is 22.3. The normalized spacial score (nSPS) is 57.9. The van der Waals surface area contributed by atoms with E-state index in [-0.39, 0.29) is 11.5 Å². The van der Waals surface area contributed by atoms with Crippen LogP contribution in [0.1, 0.15) is 113 Å². The molecule has 5 rings (SSSR count). The highest BCUT2D eigenvalue weighted by Gasteiger charge is 2.70. The summed E-state index contributed by atoms with van der Waals surface area (Å²) in [5.74, 6) is 3.98. The van der Waals surface area contributed by atoms with Crippen molar-refractivity contribution in [1.82, 2.24) is 0 Å². The Balaban J connectivity index is 1.54. The summed E-state index contributed by atoms with van der Waals surface area (Å²) in [6, 6.07) is 0. The van der Waals surface area contributed by atoms with Crippen LogP contribution in [0.4, 0.5) is 0 Å². The predicted octanol–water partition coefficient (Wildman–Crippen LogP) is 8.02. The van der Waals surface area contributed by atoms with Crippen molar-refractivity contribution in [2.45, 2.75) is 119 Å². The number of rotatable bonds is 1. The first-order valence-corrected chi connectivity index (χ1v) is 13.6. The van der Waals surface area contributed by atoms with Crippen LogP contribution in [0, 0.1) is 56.7 Å². The summed E-state index contributed by atoms with van der Waals surface area (Å²) < 4.78 is 0. The quantitative estimate of drug-likeness (QED) is 0.421. The van der Waals surface area contributed by atoms with Crippen LogP contribution in [0.5, 0.6) is 0 Å². The van der Waals surface area contributed by atoms with Gasteiger partial charge in [-0.3, -0.25) is 0 Å². The van der Waals surface area contributed by atoms with Crippen LogP contribution in [0.15, 0.2) is 12.2 Å². The van der Waals surface area contributed by atoms with Crippen LogP contribution in [-0.4, -0.2) is 11.2 Å². The minimum absolute atomic E-state index is 0.0632. The van der Waals surface area contributed by atoms with Crippen LogP contribution in [0.25, 0.3) is 0 Å². The number of allylic oxidation sites excluding steroid dienone is 1. The second kappa shape index (κ2) is 6.64. The molecule has 0 aromatic carbocycles. The molecule has 10 atom stereocenters. The second-order valence-corrected chi connectivity index (χ2v) is 14.7. The van der Waals surface area contributed by atoms with Gasteiger partial charge < -0.3 is 5.11 Å². The average molecular weight is 427 g/mol. The summed E-state index contributed by atoms with van der Waals surface area (Å²) in [5, 5.41) is 10.9. The molecule has 0 spiro atoms. The van der Waals surface area contributed by atoms with Gasteiger partial charge in [-0.25, -0.2) is 0 Å². The number of hydrogen-bond acceptors (Lipinski definition) is 1. The minimum Gasteiger partial charge on any atom is -0.393 e. The molecule has 0 radical (unpaired) electrons. The molecule has 1 heteroatoms. The van der Waals surface area contributed by atoms with E-state index in [0.29, 0.717) is 27.6 Å². The number of aliphatic hydroxyl groups is 1. The average Bonchev–Trinajstić information content (AvgIpc) is 3.04. The fraction of sp³-hybridized carbons (Fsp3) is 0.933. The highest BCUT2D eigenvalue weighted by molar-refractivity contribution is 5.21. The second-order valence-electron chi connectivity index (χ2n) is 14.7. The minimum atomic E-state index is -0.118. The van der Waals surface area contributed by atoms with E-state index in [9.17, 15) is 5.11 Å². The molecule has 5 aliphatic rings. The van der Waals surface area contributed by atoms with Gasteiger partial charge in [0.25, 0.3) is 0 Å². The molecule has 1 N–H and O–H groups in total. The molecule has 31 heavy (non-hydrogen) atoms. The topological polar surface area (TPSA) is 20.2 Å². The lowest BCUT2D eigenvalue weighted by Gasteiger charge is -2.73. The number of aliphatic hydroxyl groups excluding tert-OH is 1. The maximum atomic E-state index is 10.9. The van der Waals surface area contributed by atoms with Gasteiger partial charge in [0.05, 0.1) is 6.10 Å². The Morgan fingerprint density at radius 3 is 2.13 bits per heavy atom. The van der Waals surface area contributed by atoms with Crippen LogP contribution in [-0.2, 0) is 0 Å². The molecule has 6 unspecified atom stereocenters. The SMILES string of the molecule is C=C(C)C1CCC2(C)CC[C@]3(C)C(CCC4[C@@]5(C)CC[C@H](O)C(C)(C)C5CC[C@]43C)C12. The Morgan fingerprint density at radius 2 is 1.45 bits per heavy atom. The van der Waals surface area contributed by atoms with Crippen molar-refractivity contribution < 1.29 is 5.11 Å². The third kappa shape index (κ3) is 2.65. The van der Waals surface area contributed by atoms with Gasteiger partial charge in [0.1, 0.15) is 0 Å². The molecule has 5 saturated carbocycles. The highest BCUT2D eigenvalue weighted by Crippen LogP contribution is 2.77. The molecular formula is C30H50O. The van der Waals surface area contributed by atoms with E-state index in [4.69, 9.17) is 0 Å². The fourth-order valence-corrected chi connectivity index (χ4v) is 11.5. The summed E-state index contributed by atoms with van der Waals surface area (Å²) in [5.41, 5.74) is 3.38. The third-order valence-corrected chi connectivity index (χ3v) is 13.5. The van der Waals surface area contributed by atoms with E-state index in [1.54, 1.807) is 0 Å². The lowest BCUT2D eigenvalue weighted by Crippen LogP contribution is -2.66. The molecular weight excluding hydrogens is 376 g/mol. The maximum absolute atomic E-state index is 10.9. The number of fused-ring (bicyclic) bond motifs is 7. The van der Waals surface area contributed by atoms with Gasteiger partial charge in [-0.2, -0.15) is 0 Å². The van der Waals surface area contributed by atoms with Crippen molar-refractivity contribution in [3.8, 4) is 0 Å².